The zero-order chi connectivity index (χ0) is 43.0. The predicted octanol–water partition coefficient (Wildman–Crippen LogP) is 9.61. The fourth-order valence-corrected chi connectivity index (χ4v) is 9.16. The number of ether oxygens (including phenoxy) is 1. The summed E-state index contributed by atoms with van der Waals surface area (Å²) >= 11 is 6.25. The Morgan fingerprint density at radius 1 is 0.787 bits per heavy atom. The molecule has 312 valence electrons. The molecule has 0 aliphatic heterocycles. The minimum Gasteiger partial charge on any atom is -0.489 e. The molecular formula is C50H51ClN6O4. The lowest BCUT2D eigenvalue weighted by Gasteiger charge is -2.63. The number of carbonyl (C=O) groups excluding carboxylic acids is 2. The van der Waals surface area contributed by atoms with Crippen molar-refractivity contribution < 1.29 is 19.2 Å². The van der Waals surface area contributed by atoms with Crippen LogP contribution >= 0.6 is 11.6 Å². The minimum atomic E-state index is -1.03. The zero-order valence-corrected chi connectivity index (χ0v) is 35.7. The van der Waals surface area contributed by atoms with Gasteiger partial charge in [0.1, 0.15) is 23.6 Å². The van der Waals surface area contributed by atoms with Crippen LogP contribution in [-0.2, 0) is 33.0 Å². The first-order chi connectivity index (χ1) is 29.4. The quantitative estimate of drug-likeness (QED) is 0.0532. The molecule has 0 saturated heterocycles. The van der Waals surface area contributed by atoms with Gasteiger partial charge in [0, 0.05) is 41.5 Å². The first-order valence-electron chi connectivity index (χ1n) is 20.7. The summed E-state index contributed by atoms with van der Waals surface area (Å²) in [5, 5.41) is 21.5. The average molecular weight is 835 g/mol. The smallest absolute Gasteiger partial charge is 0.243 e. The molecule has 0 radical (unpaired) electrons. The number of unbranched alkanes of at least 4 members (excludes halogenated alkanes) is 2. The van der Waals surface area contributed by atoms with E-state index < -0.39 is 5.60 Å². The van der Waals surface area contributed by atoms with Crippen molar-refractivity contribution in [3.05, 3.63) is 172 Å². The van der Waals surface area contributed by atoms with Crippen LogP contribution in [0.3, 0.4) is 0 Å². The Balaban J connectivity index is 0.865. The number of hydrogen-bond acceptors (Lipinski definition) is 7. The lowest BCUT2D eigenvalue weighted by Crippen LogP contribution is -2.74. The highest BCUT2D eigenvalue weighted by atomic mass is 35.5. The molecule has 2 amide bonds. The summed E-state index contributed by atoms with van der Waals surface area (Å²) in [4.78, 5) is 32.9. The largest absolute Gasteiger partial charge is 0.489 e. The topological polar surface area (TPSA) is 131 Å². The van der Waals surface area contributed by atoms with Crippen LogP contribution in [0, 0.1) is 22.2 Å². The Morgan fingerprint density at radius 3 is 1.93 bits per heavy atom. The number of amides is 2. The average Bonchev–Trinajstić information content (AvgIpc) is 3.75. The molecule has 0 atom stereocenters. The van der Waals surface area contributed by atoms with Gasteiger partial charge in [-0.25, -0.2) is 5.48 Å². The summed E-state index contributed by atoms with van der Waals surface area (Å²) in [5.74, 6) is 0.352. The Labute approximate surface area is 362 Å². The zero-order valence-electron chi connectivity index (χ0n) is 35.0. The Kier molecular flexibility index (Phi) is 13.0. The van der Waals surface area contributed by atoms with Crippen LogP contribution in [-0.4, -0.2) is 39.0 Å². The monoisotopic (exact) mass is 834 g/mol. The number of nitrogens with one attached hydrogen (secondary N) is 2. The van der Waals surface area contributed by atoms with Crippen molar-refractivity contribution in [3.8, 4) is 23.1 Å². The molecule has 0 spiro atoms. The van der Waals surface area contributed by atoms with Crippen LogP contribution in [0.15, 0.2) is 140 Å². The molecule has 1 aliphatic carbocycles. The highest BCUT2D eigenvalue weighted by molar-refractivity contribution is 6.31. The second-order valence-corrected chi connectivity index (χ2v) is 17.3. The molecule has 5 aromatic carbocycles. The maximum atomic E-state index is 13.3. The summed E-state index contributed by atoms with van der Waals surface area (Å²) in [6, 6.07) is 44.7. The number of hydroxylamine groups is 1. The van der Waals surface area contributed by atoms with E-state index in [4.69, 9.17) is 21.2 Å². The van der Waals surface area contributed by atoms with Crippen molar-refractivity contribution in [2.45, 2.75) is 84.1 Å². The SMILES string of the molecule is CC1(C)C(NC(=O)Cc2ccc(-c3cn(CCCCCC(=O)NOC(c4ccccc4)(c4ccccc4)c4ccccc4)nn3)cc2)C(C)(C)C1Oc1ccc(C#N)c(Cl)c1. The molecule has 1 saturated carbocycles. The summed E-state index contributed by atoms with van der Waals surface area (Å²) < 4.78 is 8.19. The molecule has 1 aliphatic rings. The van der Waals surface area contributed by atoms with Crippen LogP contribution in [0.1, 0.15) is 81.2 Å². The second-order valence-electron chi connectivity index (χ2n) is 16.9. The van der Waals surface area contributed by atoms with E-state index >= 15 is 0 Å². The number of hydrogen-bond donors (Lipinski definition) is 2. The molecular weight excluding hydrogens is 784 g/mol. The first-order valence-corrected chi connectivity index (χ1v) is 21.1. The third-order valence-electron chi connectivity index (χ3n) is 11.8. The van der Waals surface area contributed by atoms with Crippen LogP contribution < -0.4 is 15.5 Å². The molecule has 61 heavy (non-hydrogen) atoms. The third kappa shape index (κ3) is 9.39. The van der Waals surface area contributed by atoms with E-state index in [9.17, 15) is 14.9 Å². The summed E-state index contributed by atoms with van der Waals surface area (Å²) in [5.41, 5.74) is 6.75. The van der Waals surface area contributed by atoms with E-state index in [1.54, 1.807) is 18.2 Å². The van der Waals surface area contributed by atoms with Crippen LogP contribution in [0.5, 0.6) is 5.75 Å². The van der Waals surface area contributed by atoms with Crippen molar-refractivity contribution in [2.24, 2.45) is 10.8 Å². The number of halogens is 1. The Hall–Kier alpha value is -6.28. The first kappa shape index (κ1) is 42.8. The maximum absolute atomic E-state index is 13.3. The van der Waals surface area contributed by atoms with Crippen LogP contribution in [0.2, 0.25) is 5.02 Å². The van der Waals surface area contributed by atoms with Gasteiger partial charge in [-0.3, -0.25) is 19.1 Å². The van der Waals surface area contributed by atoms with Crippen LogP contribution in [0.4, 0.5) is 0 Å². The number of rotatable bonds is 17. The maximum Gasteiger partial charge on any atom is 0.243 e. The van der Waals surface area contributed by atoms with Gasteiger partial charge < -0.3 is 10.1 Å². The van der Waals surface area contributed by atoms with Crippen LogP contribution in [0.25, 0.3) is 11.3 Å². The second kappa shape index (κ2) is 18.5. The van der Waals surface area contributed by atoms with Gasteiger partial charge in [-0.2, -0.15) is 5.26 Å². The number of nitriles is 1. The van der Waals surface area contributed by atoms with E-state index in [1.165, 1.54) is 0 Å². The predicted molar refractivity (Wildman–Crippen MR) is 236 cm³/mol. The number of aryl methyl sites for hydroxylation is 1. The summed E-state index contributed by atoms with van der Waals surface area (Å²) in [6.07, 6.45) is 4.66. The van der Waals surface area contributed by atoms with E-state index in [0.29, 0.717) is 35.7 Å². The number of benzene rings is 5. The van der Waals surface area contributed by atoms with E-state index in [-0.39, 0.29) is 41.2 Å². The van der Waals surface area contributed by atoms with Crippen molar-refractivity contribution in [3.63, 3.8) is 0 Å². The van der Waals surface area contributed by atoms with Gasteiger partial charge >= 0.3 is 0 Å². The molecule has 11 heteroatoms. The molecule has 7 rings (SSSR count). The Morgan fingerprint density at radius 2 is 1.38 bits per heavy atom. The standard InChI is InChI=1S/C50H51ClN6O4/c1-48(2)46(49(3,4)47(48)60-41-29-28-37(33-52)42(51)32-41)53-45(59)31-35-24-26-36(27-25-35)43-34-57(56-54-43)30-16-8-15-23-44(58)55-61-50(38-17-9-5-10-18-38,39-19-11-6-12-20-39)40-21-13-7-14-22-40/h5-7,9-14,17-22,24-29,32,34,46-47H,8,15-16,23,30-31H2,1-4H3,(H,53,59)(H,55,58). The number of carbonyl (C=O) groups is 2. The van der Waals surface area contributed by atoms with Crippen molar-refractivity contribution in [2.75, 3.05) is 0 Å². The molecule has 1 fully saturated rings. The normalized spacial score (nSPS) is 16.5. The summed E-state index contributed by atoms with van der Waals surface area (Å²) in [6.45, 7) is 9.03. The molecule has 0 bridgehead atoms. The molecule has 1 aromatic heterocycles. The fourth-order valence-electron chi connectivity index (χ4n) is 8.94. The Bertz CT molecular complexity index is 2350. The van der Waals surface area contributed by atoms with Crippen molar-refractivity contribution >= 4 is 23.4 Å². The highest BCUT2D eigenvalue weighted by Crippen LogP contribution is 2.55. The lowest BCUT2D eigenvalue weighted by atomic mass is 9.49. The lowest BCUT2D eigenvalue weighted by molar-refractivity contribution is -0.173. The summed E-state index contributed by atoms with van der Waals surface area (Å²) in [7, 11) is 0. The van der Waals surface area contributed by atoms with Gasteiger partial charge in [-0.1, -0.05) is 166 Å². The molecule has 6 aromatic rings. The van der Waals surface area contributed by atoms with E-state index in [1.807, 2.05) is 126 Å². The van der Waals surface area contributed by atoms with Crippen molar-refractivity contribution in [1.29, 1.82) is 5.26 Å². The van der Waals surface area contributed by atoms with Gasteiger partial charge in [0.25, 0.3) is 0 Å². The molecule has 0 unspecified atom stereocenters. The van der Waals surface area contributed by atoms with Gasteiger partial charge in [-0.05, 0) is 47.2 Å². The molecule has 2 N–H and O–H groups in total. The van der Waals surface area contributed by atoms with Gasteiger partial charge in [-0.15, -0.1) is 5.10 Å². The van der Waals surface area contributed by atoms with Gasteiger partial charge in [0.2, 0.25) is 11.8 Å². The van der Waals surface area contributed by atoms with Gasteiger partial charge in [0.05, 0.1) is 23.2 Å². The highest BCUT2D eigenvalue weighted by Gasteiger charge is 2.64. The fraction of sp³-hybridized carbons (Fsp3) is 0.300. The van der Waals surface area contributed by atoms with E-state index in [0.717, 1.165) is 46.4 Å². The third-order valence-corrected chi connectivity index (χ3v) is 12.1. The number of aromatic nitrogens is 3. The molecule has 1 heterocycles. The number of nitrogens with zero attached hydrogens (tertiary/aromatic N) is 4. The van der Waals surface area contributed by atoms with Crippen molar-refractivity contribution in [1.82, 2.24) is 25.8 Å². The molecule has 10 nitrogen and oxygen atoms in total. The van der Waals surface area contributed by atoms with E-state index in [2.05, 4.69) is 54.9 Å². The minimum absolute atomic E-state index is 0.0608. The van der Waals surface area contributed by atoms with Gasteiger partial charge in [0.15, 0.2) is 5.60 Å².